The molecular weight excluding hydrogens is 342 g/mol. The molecular formula is C21H23N3O3. The second-order valence-electron chi connectivity index (χ2n) is 6.23. The fourth-order valence-electron chi connectivity index (χ4n) is 3.03. The van der Waals surface area contributed by atoms with Gasteiger partial charge in [-0.2, -0.15) is 0 Å². The molecule has 2 amide bonds. The number of fused-ring (bicyclic) bond motifs is 1. The second-order valence-corrected chi connectivity index (χ2v) is 6.23. The van der Waals surface area contributed by atoms with Crippen LogP contribution >= 0.6 is 0 Å². The summed E-state index contributed by atoms with van der Waals surface area (Å²) < 4.78 is 5.35. The molecule has 0 aliphatic rings. The van der Waals surface area contributed by atoms with Crippen LogP contribution in [0.4, 0.5) is 5.69 Å². The molecule has 6 heteroatoms. The van der Waals surface area contributed by atoms with E-state index in [1.807, 2.05) is 25.3 Å². The molecule has 1 heterocycles. The first-order valence-electron chi connectivity index (χ1n) is 8.96. The van der Waals surface area contributed by atoms with Gasteiger partial charge in [0.15, 0.2) is 0 Å². The lowest BCUT2D eigenvalue weighted by atomic mass is 10.1. The minimum atomic E-state index is -0.686. The molecule has 1 aromatic heterocycles. The van der Waals surface area contributed by atoms with Crippen molar-refractivity contribution >= 4 is 28.4 Å². The van der Waals surface area contributed by atoms with Gasteiger partial charge in [-0.25, -0.2) is 0 Å². The number of carbonyl (C=O) groups excluding carboxylic acids is 2. The van der Waals surface area contributed by atoms with Crippen molar-refractivity contribution in [3.05, 3.63) is 59.8 Å². The first-order chi connectivity index (χ1) is 13.1. The first-order valence-corrected chi connectivity index (χ1v) is 8.96. The van der Waals surface area contributed by atoms with Gasteiger partial charge in [0.05, 0.1) is 6.61 Å². The van der Waals surface area contributed by atoms with Crippen LogP contribution in [0.25, 0.3) is 10.9 Å². The van der Waals surface area contributed by atoms with E-state index in [0.717, 1.165) is 11.1 Å². The van der Waals surface area contributed by atoms with Gasteiger partial charge in [-0.15, -0.1) is 0 Å². The summed E-state index contributed by atoms with van der Waals surface area (Å²) in [6.45, 7) is 4.92. The summed E-state index contributed by atoms with van der Waals surface area (Å²) >= 11 is 0. The Labute approximate surface area is 157 Å². The topological polar surface area (TPSA) is 83.2 Å². The summed E-state index contributed by atoms with van der Waals surface area (Å²) in [5, 5.41) is 6.42. The predicted octanol–water partition coefficient (Wildman–Crippen LogP) is 3.17. The van der Waals surface area contributed by atoms with Crippen LogP contribution in [-0.4, -0.2) is 29.9 Å². The maximum atomic E-state index is 12.0. The zero-order chi connectivity index (χ0) is 19.2. The quantitative estimate of drug-likeness (QED) is 0.587. The Morgan fingerprint density at radius 3 is 2.59 bits per heavy atom. The number of ether oxygens (including phenoxy) is 1. The Kier molecular flexibility index (Phi) is 5.76. The standard InChI is InChI=1S/C21H23N3O3/c1-3-27-17-9-7-16(8-10-17)24-21(26)20(25)22-12-11-15-13-23-18-6-4-5-14(2)19(15)18/h4-10,13,23H,3,11-12H2,1-2H3,(H,22,25)(H,24,26). The lowest BCUT2D eigenvalue weighted by molar-refractivity contribution is -0.136. The second kappa shape index (κ2) is 8.40. The predicted molar refractivity (Wildman–Crippen MR) is 106 cm³/mol. The van der Waals surface area contributed by atoms with Gasteiger partial charge in [0.1, 0.15) is 5.75 Å². The Bertz CT molecular complexity index is 945. The smallest absolute Gasteiger partial charge is 0.313 e. The zero-order valence-corrected chi connectivity index (χ0v) is 15.5. The van der Waals surface area contributed by atoms with Crippen molar-refractivity contribution in [3.8, 4) is 5.75 Å². The Balaban J connectivity index is 1.52. The molecule has 3 N–H and O–H groups in total. The molecule has 0 fully saturated rings. The van der Waals surface area contributed by atoms with Crippen molar-refractivity contribution in [3.63, 3.8) is 0 Å². The van der Waals surface area contributed by atoms with Crippen LogP contribution in [0.5, 0.6) is 5.75 Å². The summed E-state index contributed by atoms with van der Waals surface area (Å²) in [6.07, 6.45) is 2.59. The van der Waals surface area contributed by atoms with Crippen LogP contribution < -0.4 is 15.4 Å². The van der Waals surface area contributed by atoms with Crippen LogP contribution in [0.2, 0.25) is 0 Å². The molecule has 6 nitrogen and oxygen atoms in total. The van der Waals surface area contributed by atoms with Crippen molar-refractivity contribution in [2.24, 2.45) is 0 Å². The van der Waals surface area contributed by atoms with E-state index in [1.165, 1.54) is 10.9 Å². The number of hydrogen-bond donors (Lipinski definition) is 3. The molecule has 0 spiro atoms. The molecule has 0 saturated heterocycles. The molecule has 0 aliphatic carbocycles. The van der Waals surface area contributed by atoms with Crippen molar-refractivity contribution < 1.29 is 14.3 Å². The molecule has 2 aromatic carbocycles. The number of H-pyrrole nitrogens is 1. The fraction of sp³-hybridized carbons (Fsp3) is 0.238. The highest BCUT2D eigenvalue weighted by atomic mass is 16.5. The fourth-order valence-corrected chi connectivity index (χ4v) is 3.03. The number of amides is 2. The molecule has 0 saturated carbocycles. The molecule has 0 unspecified atom stereocenters. The van der Waals surface area contributed by atoms with E-state index < -0.39 is 11.8 Å². The van der Waals surface area contributed by atoms with E-state index in [4.69, 9.17) is 4.74 Å². The molecule has 3 rings (SSSR count). The van der Waals surface area contributed by atoms with Crippen LogP contribution in [0.1, 0.15) is 18.1 Å². The number of anilines is 1. The first kappa shape index (κ1) is 18.5. The monoisotopic (exact) mass is 365 g/mol. The number of benzene rings is 2. The van der Waals surface area contributed by atoms with Crippen molar-refractivity contribution in [2.45, 2.75) is 20.3 Å². The van der Waals surface area contributed by atoms with Crippen LogP contribution in [0.15, 0.2) is 48.7 Å². The van der Waals surface area contributed by atoms with E-state index in [1.54, 1.807) is 24.3 Å². The van der Waals surface area contributed by atoms with Gasteiger partial charge < -0.3 is 20.4 Å². The number of aromatic nitrogens is 1. The number of aryl methyl sites for hydroxylation is 1. The summed E-state index contributed by atoms with van der Waals surface area (Å²) in [4.78, 5) is 27.3. The summed E-state index contributed by atoms with van der Waals surface area (Å²) in [5.41, 5.74) is 3.93. The average Bonchev–Trinajstić information content (AvgIpc) is 3.08. The summed E-state index contributed by atoms with van der Waals surface area (Å²) in [5.74, 6) is -0.622. The van der Waals surface area contributed by atoms with Gasteiger partial charge in [-0.3, -0.25) is 9.59 Å². The van der Waals surface area contributed by atoms with Gasteiger partial charge in [0.25, 0.3) is 0 Å². The minimum Gasteiger partial charge on any atom is -0.494 e. The van der Waals surface area contributed by atoms with Gasteiger partial charge in [0, 0.05) is 29.3 Å². The van der Waals surface area contributed by atoms with E-state index >= 15 is 0 Å². The summed E-state index contributed by atoms with van der Waals surface area (Å²) in [7, 11) is 0. The maximum Gasteiger partial charge on any atom is 0.313 e. The average molecular weight is 365 g/mol. The maximum absolute atomic E-state index is 12.0. The van der Waals surface area contributed by atoms with Gasteiger partial charge in [-0.1, -0.05) is 12.1 Å². The molecule has 27 heavy (non-hydrogen) atoms. The van der Waals surface area contributed by atoms with Crippen molar-refractivity contribution in [2.75, 3.05) is 18.5 Å². The Morgan fingerprint density at radius 1 is 1.07 bits per heavy atom. The lowest BCUT2D eigenvalue weighted by Gasteiger charge is -2.08. The normalized spacial score (nSPS) is 10.6. The highest BCUT2D eigenvalue weighted by molar-refractivity contribution is 6.39. The Hall–Kier alpha value is -3.28. The van der Waals surface area contributed by atoms with E-state index in [2.05, 4.69) is 28.6 Å². The number of aromatic amines is 1. The molecule has 0 bridgehead atoms. The van der Waals surface area contributed by atoms with E-state index in [0.29, 0.717) is 31.0 Å². The molecule has 140 valence electrons. The zero-order valence-electron chi connectivity index (χ0n) is 15.5. The van der Waals surface area contributed by atoms with Gasteiger partial charge >= 0.3 is 11.8 Å². The van der Waals surface area contributed by atoms with Gasteiger partial charge in [0.2, 0.25) is 0 Å². The van der Waals surface area contributed by atoms with E-state index in [9.17, 15) is 9.59 Å². The third kappa shape index (κ3) is 4.47. The highest BCUT2D eigenvalue weighted by Gasteiger charge is 2.14. The van der Waals surface area contributed by atoms with Crippen molar-refractivity contribution in [1.82, 2.24) is 10.3 Å². The number of carbonyl (C=O) groups is 2. The number of rotatable bonds is 6. The third-order valence-electron chi connectivity index (χ3n) is 4.31. The highest BCUT2D eigenvalue weighted by Crippen LogP contribution is 2.22. The molecule has 0 atom stereocenters. The van der Waals surface area contributed by atoms with Crippen LogP contribution in [-0.2, 0) is 16.0 Å². The lowest BCUT2D eigenvalue weighted by Crippen LogP contribution is -2.36. The minimum absolute atomic E-state index is 0.386. The molecule has 0 aliphatic heterocycles. The number of hydrogen-bond acceptors (Lipinski definition) is 3. The third-order valence-corrected chi connectivity index (χ3v) is 4.31. The van der Waals surface area contributed by atoms with E-state index in [-0.39, 0.29) is 0 Å². The molecule has 3 aromatic rings. The SMILES string of the molecule is CCOc1ccc(NC(=O)C(=O)NCCc2c[nH]c3cccc(C)c23)cc1. The number of nitrogens with one attached hydrogen (secondary N) is 3. The van der Waals surface area contributed by atoms with Crippen LogP contribution in [0, 0.1) is 6.92 Å². The van der Waals surface area contributed by atoms with Crippen molar-refractivity contribution in [1.29, 1.82) is 0 Å². The summed E-state index contributed by atoms with van der Waals surface area (Å²) in [6, 6.07) is 13.0. The van der Waals surface area contributed by atoms with Crippen LogP contribution in [0.3, 0.4) is 0 Å². The Morgan fingerprint density at radius 2 is 1.85 bits per heavy atom. The van der Waals surface area contributed by atoms with Gasteiger partial charge in [-0.05, 0) is 61.7 Å². The molecule has 0 radical (unpaired) electrons. The largest absolute Gasteiger partial charge is 0.494 e.